The summed E-state index contributed by atoms with van der Waals surface area (Å²) in [6.07, 6.45) is 12.3. The van der Waals surface area contributed by atoms with Gasteiger partial charge in [0.25, 0.3) is 0 Å². The van der Waals surface area contributed by atoms with Gasteiger partial charge in [-0.25, -0.2) is 0 Å². The molecular weight excluding hydrogens is 760 g/mol. The van der Waals surface area contributed by atoms with Crippen LogP contribution in [0.25, 0.3) is 0 Å². The third-order valence-electron chi connectivity index (χ3n) is 6.06. The molecule has 0 heterocycles. The van der Waals surface area contributed by atoms with Gasteiger partial charge in [0.1, 0.15) is 5.78 Å². The molecule has 13 nitrogen and oxygen atoms in total. The van der Waals surface area contributed by atoms with Gasteiger partial charge >= 0.3 is 17.9 Å². The van der Waals surface area contributed by atoms with Crippen LogP contribution in [0, 0.1) is 5.92 Å². The smallest absolute Gasteiger partial charge is 0.305 e. The molecule has 13 heteroatoms. The predicted octanol–water partition coefficient (Wildman–Crippen LogP) is 11.1. The number of rotatable bonds is 20. The zero-order valence-corrected chi connectivity index (χ0v) is 43.2. The fourth-order valence-electron chi connectivity index (χ4n) is 2.21. The van der Waals surface area contributed by atoms with Crippen molar-refractivity contribution < 1.29 is 61.8 Å². The minimum absolute atomic E-state index is 0.157. The van der Waals surface area contributed by atoms with Gasteiger partial charge in [-0.3, -0.25) is 14.4 Å². The zero-order chi connectivity index (χ0) is 48.6. The van der Waals surface area contributed by atoms with E-state index < -0.39 is 0 Å². The second-order valence-corrected chi connectivity index (χ2v) is 12.6. The van der Waals surface area contributed by atoms with Crippen molar-refractivity contribution in [3.63, 3.8) is 0 Å². The largest absolute Gasteiger partial charge is 0.469 e. The van der Waals surface area contributed by atoms with Gasteiger partial charge in [-0.05, 0) is 58.8 Å². The summed E-state index contributed by atoms with van der Waals surface area (Å²) < 4.78 is 41.6. The van der Waals surface area contributed by atoms with Crippen LogP contribution in [0.15, 0.2) is 0 Å². The van der Waals surface area contributed by atoms with Crippen molar-refractivity contribution in [3.05, 3.63) is 0 Å². The Kier molecular flexibility index (Phi) is 125. The van der Waals surface area contributed by atoms with Gasteiger partial charge in [-0.1, -0.05) is 94.9 Å². The van der Waals surface area contributed by atoms with Crippen LogP contribution in [0.4, 0.5) is 0 Å². The lowest BCUT2D eigenvalue weighted by atomic mass is 10.2. The molecule has 0 saturated heterocycles. The summed E-state index contributed by atoms with van der Waals surface area (Å²) in [6, 6.07) is 0. The molecule has 0 aliphatic carbocycles. The molecule has 0 fully saturated rings. The maximum Gasteiger partial charge on any atom is 0.305 e. The molecule has 0 saturated carbocycles. The van der Waals surface area contributed by atoms with Crippen LogP contribution >= 0.6 is 0 Å². The van der Waals surface area contributed by atoms with Crippen LogP contribution < -0.4 is 0 Å². The van der Waals surface area contributed by atoms with Gasteiger partial charge in [0.2, 0.25) is 0 Å². The highest BCUT2D eigenvalue weighted by atomic mass is 16.5. The molecular formula is C46H104O13. The molecule has 0 aromatic rings. The van der Waals surface area contributed by atoms with Crippen LogP contribution in [0.2, 0.25) is 0 Å². The van der Waals surface area contributed by atoms with Gasteiger partial charge in [-0.2, -0.15) is 0 Å². The normalized spacial score (nSPS) is 9.14. The fraction of sp³-hybridized carbons (Fsp3) is 0.913. The van der Waals surface area contributed by atoms with E-state index in [1.807, 2.05) is 13.8 Å². The van der Waals surface area contributed by atoms with Crippen LogP contribution in [0.1, 0.15) is 173 Å². The Balaban J connectivity index is -0.0000000575. The summed E-state index contributed by atoms with van der Waals surface area (Å²) in [6.45, 7) is 30.7. The molecule has 0 aromatic heterocycles. The molecule has 0 radical (unpaired) electrons. The van der Waals surface area contributed by atoms with E-state index in [9.17, 15) is 19.2 Å². The maximum absolute atomic E-state index is 10.5. The summed E-state index contributed by atoms with van der Waals surface area (Å²) in [7, 11) is 14.3. The van der Waals surface area contributed by atoms with Crippen molar-refractivity contribution >= 4 is 23.7 Å². The summed E-state index contributed by atoms with van der Waals surface area (Å²) in [5.74, 6) is 0.179. The number of esters is 3. The molecule has 0 aliphatic rings. The number of hydrogen-bond acceptors (Lipinski definition) is 13. The number of carbonyl (C=O) groups is 4. The lowest BCUT2D eigenvalue weighted by Crippen LogP contribution is -2.04. The van der Waals surface area contributed by atoms with E-state index in [2.05, 4.69) is 81.3 Å². The van der Waals surface area contributed by atoms with Crippen LogP contribution in [-0.4, -0.2) is 127 Å². The number of unbranched alkanes of at least 4 members (excludes halogenated alkanes) is 3. The average molecular weight is 865 g/mol. The Morgan fingerprint density at radius 1 is 0.458 bits per heavy atom. The number of carbonyl (C=O) groups excluding carboxylic acids is 4. The average Bonchev–Trinajstić information content (AvgIpc) is 3.24. The monoisotopic (exact) mass is 865 g/mol. The molecule has 1 atom stereocenters. The van der Waals surface area contributed by atoms with Crippen molar-refractivity contribution in [1.82, 2.24) is 0 Å². The molecule has 0 bridgehead atoms. The van der Waals surface area contributed by atoms with Crippen molar-refractivity contribution in [1.29, 1.82) is 0 Å². The summed E-state index contributed by atoms with van der Waals surface area (Å²) in [4.78, 5) is 40.8. The summed E-state index contributed by atoms with van der Waals surface area (Å²) in [5.41, 5.74) is 0. The van der Waals surface area contributed by atoms with Gasteiger partial charge in [0.15, 0.2) is 0 Å². The van der Waals surface area contributed by atoms with Crippen LogP contribution in [-0.2, 0) is 61.8 Å². The topological polar surface area (TPSA) is 151 Å². The number of Topliss-reactive ketones (excluding diaryl/α,β-unsaturated/α-hetero) is 1. The van der Waals surface area contributed by atoms with Gasteiger partial charge in [0, 0.05) is 101 Å². The van der Waals surface area contributed by atoms with E-state index in [4.69, 9.17) is 23.7 Å². The van der Waals surface area contributed by atoms with E-state index in [1.54, 1.807) is 56.5 Å². The van der Waals surface area contributed by atoms with Crippen molar-refractivity contribution in [2.75, 3.05) is 97.0 Å². The van der Waals surface area contributed by atoms with Gasteiger partial charge < -0.3 is 47.4 Å². The Hall–Kier alpha value is -2.16. The molecule has 59 heavy (non-hydrogen) atoms. The summed E-state index contributed by atoms with van der Waals surface area (Å²) in [5, 5.41) is 0. The highest BCUT2D eigenvalue weighted by Crippen LogP contribution is 1.98. The van der Waals surface area contributed by atoms with Gasteiger partial charge in [-0.15, -0.1) is 0 Å². The number of ether oxygens (including phenoxy) is 9. The molecule has 0 aromatic carbocycles. The quantitative estimate of drug-likeness (QED) is 0.0649. The fourth-order valence-corrected chi connectivity index (χ4v) is 2.21. The predicted molar refractivity (Wildman–Crippen MR) is 249 cm³/mol. The molecule has 366 valence electrons. The van der Waals surface area contributed by atoms with Crippen molar-refractivity contribution in [2.45, 2.75) is 180 Å². The maximum atomic E-state index is 10.5. The van der Waals surface area contributed by atoms with Crippen molar-refractivity contribution in [3.8, 4) is 0 Å². The minimum Gasteiger partial charge on any atom is -0.469 e. The minimum atomic E-state index is -0.297. The zero-order valence-electron chi connectivity index (χ0n) is 43.2. The van der Waals surface area contributed by atoms with E-state index in [0.29, 0.717) is 31.3 Å². The Morgan fingerprint density at radius 3 is 0.949 bits per heavy atom. The van der Waals surface area contributed by atoms with E-state index in [0.717, 1.165) is 45.9 Å². The molecule has 0 amide bonds. The molecule has 1 unspecified atom stereocenters. The van der Waals surface area contributed by atoms with Gasteiger partial charge in [0.05, 0.1) is 27.4 Å². The Bertz CT molecular complexity index is 654. The first kappa shape index (κ1) is 80.8. The standard InChI is InChI=1S/C7H12O4.C6H14O.3C5H12O.C4H8O2.C4H10O.C4H8O.C3H8O.C3H8/c1-10-6(8)4-3-5-7(9)11-2;1-3-4-5-6-7-2;1-5(2)4-6-3;1-4-5(2)6-3;1-3-4-5-6-2;1-3-4(5)6-2;1-3-4-5-2;1-3-4(2)5;1-3-4-2;1-3-2/h3-5H2,1-2H3;3-6H2,1-2H3;2*5H,4H2,1-3H3;3-5H2,1-2H3;3H2,1-2H3;3-4H2,1-2H3;3H2,1-2H3;3H2,1-2H3;3H2,1-2H3. The number of ketones is 1. The van der Waals surface area contributed by atoms with Crippen LogP contribution in [0.5, 0.6) is 0 Å². The first-order valence-corrected chi connectivity index (χ1v) is 21.6. The number of methoxy groups -OCH3 is 9. The molecule has 0 N–H and O–H groups in total. The third-order valence-corrected chi connectivity index (χ3v) is 6.06. The lowest BCUT2D eigenvalue weighted by molar-refractivity contribution is -0.143. The Morgan fingerprint density at radius 2 is 0.831 bits per heavy atom. The van der Waals surface area contributed by atoms with E-state index in [1.165, 1.54) is 59.9 Å². The first-order valence-electron chi connectivity index (χ1n) is 21.6. The first-order chi connectivity index (χ1) is 27.9. The highest BCUT2D eigenvalue weighted by Gasteiger charge is 2.03. The second kappa shape index (κ2) is 91.5. The third kappa shape index (κ3) is 170. The molecule has 0 aliphatic heterocycles. The van der Waals surface area contributed by atoms with Crippen molar-refractivity contribution in [2.24, 2.45) is 5.92 Å². The number of hydrogen-bond donors (Lipinski definition) is 0. The molecule has 0 rings (SSSR count). The molecule has 0 spiro atoms. The van der Waals surface area contributed by atoms with E-state index >= 15 is 0 Å². The van der Waals surface area contributed by atoms with E-state index in [-0.39, 0.29) is 36.5 Å². The summed E-state index contributed by atoms with van der Waals surface area (Å²) >= 11 is 0. The lowest BCUT2D eigenvalue weighted by Gasteiger charge is -2.01. The SMILES string of the molecule is CCC.CCC(=O)OC.CCC(C)=O.CCC(C)OC.CCCCCOC.CCCCOC.CCCOC.CCOC.COC(=O)CCCC(=O)OC.COCC(C)C. The second-order valence-electron chi connectivity index (χ2n) is 12.6. The van der Waals surface area contributed by atoms with Crippen LogP contribution in [0.3, 0.4) is 0 Å². The highest BCUT2D eigenvalue weighted by molar-refractivity contribution is 5.75. The Labute approximate surface area is 367 Å².